The molecule has 1 heterocycles. The third kappa shape index (κ3) is 1.27. The second-order valence-electron chi connectivity index (χ2n) is 4.34. The first kappa shape index (κ1) is 8.52. The van der Waals surface area contributed by atoms with Gasteiger partial charge < -0.3 is 4.74 Å². The average Bonchev–Trinajstić information content (AvgIpc) is 2.88. The maximum Gasteiger partial charge on any atom is 0.118 e. The molecule has 1 aliphatic heterocycles. The molecule has 2 aliphatic rings. The lowest BCUT2D eigenvalue weighted by molar-refractivity contribution is -0.126. The minimum Gasteiger partial charge on any atom is -0.360 e. The Morgan fingerprint density at radius 3 is 2.25 bits per heavy atom. The van der Waals surface area contributed by atoms with E-state index < -0.39 is 0 Å². The molecule has 1 aliphatic carbocycles. The van der Waals surface area contributed by atoms with Crippen LogP contribution in [0.2, 0.25) is 0 Å². The second kappa shape index (κ2) is 2.71. The van der Waals surface area contributed by atoms with E-state index in [0.29, 0.717) is 5.41 Å². The van der Waals surface area contributed by atoms with Crippen LogP contribution in [0, 0.1) is 5.41 Å². The van der Waals surface area contributed by atoms with Crippen LogP contribution in [-0.2, 0) is 4.74 Å². The predicted molar refractivity (Wildman–Crippen MR) is 48.9 cm³/mol. The molecule has 2 heteroatoms. The molecule has 2 nitrogen and oxygen atoms in total. The van der Waals surface area contributed by atoms with Crippen molar-refractivity contribution in [3.8, 4) is 0 Å². The minimum atomic E-state index is 0.00778. The molecule has 70 valence electrons. The monoisotopic (exact) mass is 169 g/mol. The van der Waals surface area contributed by atoms with Gasteiger partial charge in [-0.05, 0) is 25.7 Å². The maximum atomic E-state index is 5.93. The van der Waals surface area contributed by atoms with Gasteiger partial charge in [0.1, 0.15) is 5.72 Å². The first-order chi connectivity index (χ1) is 5.74. The molecular formula is C10H19NO. The summed E-state index contributed by atoms with van der Waals surface area (Å²) in [5.74, 6) is 0. The topological polar surface area (TPSA) is 21.3 Å². The van der Waals surface area contributed by atoms with Gasteiger partial charge in [-0.2, -0.15) is 0 Å². The Labute approximate surface area is 74.7 Å². The molecule has 0 aromatic carbocycles. The van der Waals surface area contributed by atoms with Crippen LogP contribution in [0.1, 0.15) is 39.5 Å². The zero-order valence-corrected chi connectivity index (χ0v) is 8.15. The van der Waals surface area contributed by atoms with Crippen LogP contribution >= 0.6 is 0 Å². The highest BCUT2D eigenvalue weighted by Crippen LogP contribution is 2.48. The smallest absolute Gasteiger partial charge is 0.118 e. The number of nitrogens with one attached hydrogen (secondary N) is 1. The van der Waals surface area contributed by atoms with Gasteiger partial charge in [-0.25, -0.2) is 0 Å². The highest BCUT2D eigenvalue weighted by atomic mass is 16.5. The Bertz CT molecular complexity index is 159. The third-order valence-corrected chi connectivity index (χ3v) is 3.54. The largest absolute Gasteiger partial charge is 0.360 e. The van der Waals surface area contributed by atoms with E-state index in [2.05, 4.69) is 19.2 Å². The predicted octanol–water partition coefficient (Wildman–Crippen LogP) is 1.90. The summed E-state index contributed by atoms with van der Waals surface area (Å²) in [4.78, 5) is 0. The fourth-order valence-electron chi connectivity index (χ4n) is 1.94. The minimum absolute atomic E-state index is 0.00778. The number of hydrogen-bond acceptors (Lipinski definition) is 2. The van der Waals surface area contributed by atoms with Crippen molar-refractivity contribution in [2.45, 2.75) is 45.3 Å². The van der Waals surface area contributed by atoms with Crippen molar-refractivity contribution < 1.29 is 4.74 Å². The number of rotatable bonds is 2. The molecule has 0 atom stereocenters. The molecule has 2 fully saturated rings. The van der Waals surface area contributed by atoms with E-state index in [9.17, 15) is 0 Å². The Balaban J connectivity index is 1.95. The SMILES string of the molecule is CCC1(CC)NCC2(CC2)CO1. The molecule has 1 N–H and O–H groups in total. The van der Waals surface area contributed by atoms with Gasteiger partial charge in [0.05, 0.1) is 6.61 Å². The van der Waals surface area contributed by atoms with E-state index in [1.165, 1.54) is 19.4 Å². The van der Waals surface area contributed by atoms with E-state index in [1.54, 1.807) is 0 Å². The summed E-state index contributed by atoms with van der Waals surface area (Å²) in [6, 6.07) is 0. The van der Waals surface area contributed by atoms with Crippen molar-refractivity contribution in [1.29, 1.82) is 0 Å². The molecule has 1 saturated carbocycles. The van der Waals surface area contributed by atoms with Crippen LogP contribution in [0.4, 0.5) is 0 Å². The van der Waals surface area contributed by atoms with Gasteiger partial charge in [-0.3, -0.25) is 5.32 Å². The first-order valence-electron chi connectivity index (χ1n) is 5.13. The van der Waals surface area contributed by atoms with Gasteiger partial charge in [0.25, 0.3) is 0 Å². The molecule has 0 aromatic rings. The third-order valence-electron chi connectivity index (χ3n) is 3.54. The van der Waals surface area contributed by atoms with Crippen molar-refractivity contribution in [1.82, 2.24) is 5.32 Å². The maximum absolute atomic E-state index is 5.93. The Morgan fingerprint density at radius 2 is 1.92 bits per heavy atom. The summed E-state index contributed by atoms with van der Waals surface area (Å²) in [6.45, 7) is 6.55. The van der Waals surface area contributed by atoms with Crippen LogP contribution in [0.5, 0.6) is 0 Å². The Kier molecular flexibility index (Phi) is 1.92. The molecule has 1 spiro atoms. The summed E-state index contributed by atoms with van der Waals surface area (Å²) < 4.78 is 5.93. The summed E-state index contributed by atoms with van der Waals surface area (Å²) in [6.07, 6.45) is 4.90. The van der Waals surface area contributed by atoms with Gasteiger partial charge in [0.2, 0.25) is 0 Å². The lowest BCUT2D eigenvalue weighted by atomic mass is 10.0. The van der Waals surface area contributed by atoms with Gasteiger partial charge in [0, 0.05) is 12.0 Å². The van der Waals surface area contributed by atoms with Gasteiger partial charge in [-0.1, -0.05) is 13.8 Å². The van der Waals surface area contributed by atoms with Gasteiger partial charge >= 0.3 is 0 Å². The quantitative estimate of drug-likeness (QED) is 0.681. The molecular weight excluding hydrogens is 150 g/mol. The van der Waals surface area contributed by atoms with Crippen LogP contribution < -0.4 is 5.32 Å². The van der Waals surface area contributed by atoms with E-state index in [0.717, 1.165) is 19.4 Å². The van der Waals surface area contributed by atoms with Crippen LogP contribution in [0.15, 0.2) is 0 Å². The highest BCUT2D eigenvalue weighted by Gasteiger charge is 2.49. The van der Waals surface area contributed by atoms with Gasteiger partial charge in [-0.15, -0.1) is 0 Å². The van der Waals surface area contributed by atoms with Crippen molar-refractivity contribution in [2.24, 2.45) is 5.41 Å². The second-order valence-corrected chi connectivity index (χ2v) is 4.34. The lowest BCUT2D eigenvalue weighted by Gasteiger charge is -2.40. The fourth-order valence-corrected chi connectivity index (χ4v) is 1.94. The Morgan fingerprint density at radius 1 is 1.25 bits per heavy atom. The summed E-state index contributed by atoms with van der Waals surface area (Å²) in [7, 11) is 0. The van der Waals surface area contributed by atoms with E-state index in [-0.39, 0.29) is 5.72 Å². The number of ether oxygens (including phenoxy) is 1. The van der Waals surface area contributed by atoms with E-state index >= 15 is 0 Å². The standard InChI is InChI=1S/C10H19NO/c1-3-10(4-2)11-7-9(5-6-9)8-12-10/h11H,3-8H2,1-2H3. The zero-order chi connectivity index (χ0) is 8.66. The van der Waals surface area contributed by atoms with Gasteiger partial charge in [0.15, 0.2) is 0 Å². The van der Waals surface area contributed by atoms with Crippen molar-refractivity contribution in [2.75, 3.05) is 13.2 Å². The summed E-state index contributed by atoms with van der Waals surface area (Å²) in [5, 5.41) is 3.56. The summed E-state index contributed by atoms with van der Waals surface area (Å²) >= 11 is 0. The fraction of sp³-hybridized carbons (Fsp3) is 1.00. The van der Waals surface area contributed by atoms with Crippen molar-refractivity contribution in [3.63, 3.8) is 0 Å². The van der Waals surface area contributed by atoms with E-state index in [4.69, 9.17) is 4.74 Å². The molecule has 0 bridgehead atoms. The lowest BCUT2D eigenvalue weighted by Crippen LogP contribution is -2.54. The highest BCUT2D eigenvalue weighted by molar-refractivity contribution is 4.99. The van der Waals surface area contributed by atoms with E-state index in [1.807, 2.05) is 0 Å². The molecule has 1 saturated heterocycles. The Hall–Kier alpha value is -0.0800. The van der Waals surface area contributed by atoms with Crippen LogP contribution in [0.3, 0.4) is 0 Å². The van der Waals surface area contributed by atoms with Crippen LogP contribution in [-0.4, -0.2) is 18.9 Å². The van der Waals surface area contributed by atoms with Crippen molar-refractivity contribution >= 4 is 0 Å². The molecule has 0 radical (unpaired) electrons. The van der Waals surface area contributed by atoms with Crippen LogP contribution in [0.25, 0.3) is 0 Å². The normalized spacial score (nSPS) is 30.5. The molecule has 0 amide bonds. The molecule has 0 aromatic heterocycles. The molecule has 12 heavy (non-hydrogen) atoms. The average molecular weight is 169 g/mol. The summed E-state index contributed by atoms with van der Waals surface area (Å²) in [5.41, 5.74) is 0.557. The zero-order valence-electron chi connectivity index (χ0n) is 8.15. The number of hydrogen-bond donors (Lipinski definition) is 1. The first-order valence-corrected chi connectivity index (χ1v) is 5.13. The molecule has 2 rings (SSSR count). The van der Waals surface area contributed by atoms with Crippen molar-refractivity contribution in [3.05, 3.63) is 0 Å². The molecule has 0 unspecified atom stereocenters.